The van der Waals surface area contributed by atoms with Crippen LogP contribution >= 0.6 is 0 Å². The smallest absolute Gasteiger partial charge is 0.269 e. The lowest BCUT2D eigenvalue weighted by atomic mass is 10.00. The Hall–Kier alpha value is -4.27. The molecule has 0 spiro atoms. The van der Waals surface area contributed by atoms with E-state index < -0.39 is 21.4 Å². The van der Waals surface area contributed by atoms with Crippen LogP contribution in [0.15, 0.2) is 67.0 Å². The number of rotatable bonds is 6. The molecule has 0 bridgehead atoms. The molecule has 9 heteroatoms. The molecule has 9 nitrogen and oxygen atoms in total. The van der Waals surface area contributed by atoms with Crippen molar-refractivity contribution < 1.29 is 19.4 Å². The predicted octanol–water partition coefficient (Wildman–Crippen LogP) is 3.36. The molecule has 0 aliphatic rings. The van der Waals surface area contributed by atoms with Crippen LogP contribution in [-0.2, 0) is 0 Å². The summed E-state index contributed by atoms with van der Waals surface area (Å²) >= 11 is 0. The summed E-state index contributed by atoms with van der Waals surface area (Å²) in [5, 5.41) is 21.4. The van der Waals surface area contributed by atoms with E-state index in [0.29, 0.717) is 0 Å². The molecule has 138 valence electrons. The fourth-order valence-electron chi connectivity index (χ4n) is 2.49. The van der Waals surface area contributed by atoms with Crippen LogP contribution in [0.2, 0.25) is 0 Å². The summed E-state index contributed by atoms with van der Waals surface area (Å²) in [6.45, 7) is 0. The van der Waals surface area contributed by atoms with Gasteiger partial charge in [0.15, 0.2) is 11.6 Å². The van der Waals surface area contributed by atoms with E-state index in [-0.39, 0.29) is 33.6 Å². The first-order chi connectivity index (χ1) is 13.4. The summed E-state index contributed by atoms with van der Waals surface area (Å²) in [5.41, 5.74) is 0.427. The molecule has 3 rings (SSSR count). The average molecular weight is 377 g/mol. The summed E-state index contributed by atoms with van der Waals surface area (Å²) in [7, 11) is 0. The molecule has 0 N–H and O–H groups in total. The molecule has 1 aromatic heterocycles. The Balaban J connectivity index is 1.86. The average Bonchev–Trinajstić information content (AvgIpc) is 2.73. The Bertz CT molecular complexity index is 1010. The number of pyridine rings is 1. The van der Waals surface area contributed by atoms with Gasteiger partial charge < -0.3 is 0 Å². The number of ketones is 2. The molecule has 0 fully saturated rings. The van der Waals surface area contributed by atoms with E-state index in [0.717, 1.165) is 0 Å². The largest absolute Gasteiger partial charge is 0.289 e. The molecule has 28 heavy (non-hydrogen) atoms. The zero-order chi connectivity index (χ0) is 20.3. The maximum Gasteiger partial charge on any atom is 0.269 e. The van der Waals surface area contributed by atoms with E-state index in [1.165, 1.54) is 67.0 Å². The van der Waals surface area contributed by atoms with Crippen LogP contribution in [0, 0.1) is 20.2 Å². The maximum absolute atomic E-state index is 12.6. The number of benzene rings is 2. The summed E-state index contributed by atoms with van der Waals surface area (Å²) in [6, 6.07) is 11.5. The van der Waals surface area contributed by atoms with Gasteiger partial charge in [-0.25, -0.2) is 0 Å². The highest BCUT2D eigenvalue weighted by molar-refractivity contribution is 6.13. The predicted molar refractivity (Wildman–Crippen MR) is 97.3 cm³/mol. The molecule has 0 saturated carbocycles. The van der Waals surface area contributed by atoms with Gasteiger partial charge in [-0.3, -0.25) is 34.8 Å². The number of non-ortho nitro benzene ring substituents is 2. The molecule has 0 saturated heterocycles. The number of hydrogen-bond acceptors (Lipinski definition) is 7. The van der Waals surface area contributed by atoms with Gasteiger partial charge in [0.2, 0.25) is 0 Å². The zero-order valence-corrected chi connectivity index (χ0v) is 14.1. The number of nitro groups is 2. The Morgan fingerprint density at radius 1 is 0.643 bits per heavy atom. The molecule has 0 atom stereocenters. The van der Waals surface area contributed by atoms with Crippen LogP contribution in [0.5, 0.6) is 0 Å². The lowest BCUT2D eigenvalue weighted by Crippen LogP contribution is -2.07. The van der Waals surface area contributed by atoms with E-state index in [2.05, 4.69) is 4.98 Å². The molecular formula is C19H11N3O6. The van der Waals surface area contributed by atoms with E-state index in [4.69, 9.17) is 0 Å². The summed E-state index contributed by atoms with van der Waals surface area (Å²) in [4.78, 5) is 49.3. The van der Waals surface area contributed by atoms with Crippen molar-refractivity contribution in [3.8, 4) is 0 Å². The molecule has 0 aliphatic heterocycles. The maximum atomic E-state index is 12.6. The minimum absolute atomic E-state index is 0.140. The Kier molecular flexibility index (Phi) is 4.99. The van der Waals surface area contributed by atoms with Crippen molar-refractivity contribution in [2.45, 2.75) is 0 Å². The number of hydrogen-bond donors (Lipinski definition) is 0. The fourth-order valence-corrected chi connectivity index (χ4v) is 2.49. The van der Waals surface area contributed by atoms with Crippen LogP contribution in [0.3, 0.4) is 0 Å². The fraction of sp³-hybridized carbons (Fsp3) is 0. The zero-order valence-electron chi connectivity index (χ0n) is 14.1. The van der Waals surface area contributed by atoms with Crippen molar-refractivity contribution in [3.05, 3.63) is 109 Å². The van der Waals surface area contributed by atoms with Crippen molar-refractivity contribution in [1.82, 2.24) is 4.98 Å². The second kappa shape index (κ2) is 7.54. The van der Waals surface area contributed by atoms with Gasteiger partial charge in [-0.2, -0.15) is 0 Å². The first-order valence-corrected chi connectivity index (χ1v) is 7.90. The highest BCUT2D eigenvalue weighted by Crippen LogP contribution is 2.18. The molecule has 0 aliphatic carbocycles. The van der Waals surface area contributed by atoms with Crippen LogP contribution in [-0.4, -0.2) is 26.4 Å². The van der Waals surface area contributed by atoms with Crippen molar-refractivity contribution >= 4 is 22.9 Å². The summed E-state index contributed by atoms with van der Waals surface area (Å²) in [6.07, 6.45) is 2.58. The minimum atomic E-state index is -0.570. The standard InChI is InChI=1S/C19H11N3O6/c23-18(12-1-5-16(6-2-12)21(25)26)14-9-15(11-20-10-14)19(24)13-3-7-17(8-4-13)22(27)28/h1-11H. The van der Waals surface area contributed by atoms with E-state index in [1.54, 1.807) is 0 Å². The van der Waals surface area contributed by atoms with E-state index >= 15 is 0 Å². The van der Waals surface area contributed by atoms with E-state index in [1.807, 2.05) is 0 Å². The number of carbonyl (C=O) groups is 2. The second-order valence-corrected chi connectivity index (χ2v) is 5.73. The van der Waals surface area contributed by atoms with E-state index in [9.17, 15) is 29.8 Å². The molecule has 0 amide bonds. The quantitative estimate of drug-likeness (QED) is 0.365. The number of carbonyl (C=O) groups excluding carboxylic acids is 2. The van der Waals surface area contributed by atoms with Gasteiger partial charge >= 0.3 is 0 Å². The SMILES string of the molecule is O=C(c1ccc([N+](=O)[O-])cc1)c1cncc(C(=O)c2ccc([N+](=O)[O-])cc2)c1. The Morgan fingerprint density at radius 3 is 1.32 bits per heavy atom. The first kappa shape index (κ1) is 18.5. The third-order valence-electron chi connectivity index (χ3n) is 3.94. The van der Waals surface area contributed by atoms with Crippen molar-refractivity contribution in [1.29, 1.82) is 0 Å². The number of nitrogens with zero attached hydrogens (tertiary/aromatic N) is 3. The third kappa shape index (κ3) is 3.78. The van der Waals surface area contributed by atoms with Gasteiger partial charge in [0, 0.05) is 58.9 Å². The van der Waals surface area contributed by atoms with Crippen LogP contribution in [0.1, 0.15) is 31.8 Å². The molecule has 0 unspecified atom stereocenters. The molecular weight excluding hydrogens is 366 g/mol. The first-order valence-electron chi connectivity index (χ1n) is 7.90. The van der Waals surface area contributed by atoms with Gasteiger partial charge in [0.1, 0.15) is 0 Å². The second-order valence-electron chi connectivity index (χ2n) is 5.73. The highest BCUT2D eigenvalue weighted by Gasteiger charge is 2.16. The van der Waals surface area contributed by atoms with Gasteiger partial charge in [0.25, 0.3) is 11.4 Å². The normalized spacial score (nSPS) is 10.3. The van der Waals surface area contributed by atoms with Crippen LogP contribution in [0.25, 0.3) is 0 Å². The lowest BCUT2D eigenvalue weighted by molar-refractivity contribution is -0.385. The minimum Gasteiger partial charge on any atom is -0.289 e. The van der Waals surface area contributed by atoms with Gasteiger partial charge in [-0.1, -0.05) is 0 Å². The molecule has 2 aromatic carbocycles. The molecule has 0 radical (unpaired) electrons. The van der Waals surface area contributed by atoms with Gasteiger partial charge in [-0.15, -0.1) is 0 Å². The number of nitro benzene ring substituents is 2. The van der Waals surface area contributed by atoms with Crippen molar-refractivity contribution in [3.63, 3.8) is 0 Å². The third-order valence-corrected chi connectivity index (χ3v) is 3.94. The van der Waals surface area contributed by atoms with Gasteiger partial charge in [0.05, 0.1) is 9.85 Å². The van der Waals surface area contributed by atoms with Crippen LogP contribution < -0.4 is 0 Å². The molecule has 3 aromatic rings. The van der Waals surface area contributed by atoms with Crippen LogP contribution in [0.4, 0.5) is 11.4 Å². The molecule has 1 heterocycles. The van der Waals surface area contributed by atoms with Crippen molar-refractivity contribution in [2.24, 2.45) is 0 Å². The van der Waals surface area contributed by atoms with Gasteiger partial charge in [-0.05, 0) is 30.3 Å². The monoisotopic (exact) mass is 377 g/mol. The summed E-state index contributed by atoms with van der Waals surface area (Å²) < 4.78 is 0. The Labute approximate surface area is 157 Å². The lowest BCUT2D eigenvalue weighted by Gasteiger charge is -2.04. The highest BCUT2D eigenvalue weighted by atomic mass is 16.6. The topological polar surface area (TPSA) is 133 Å². The Morgan fingerprint density at radius 2 is 1.00 bits per heavy atom. The van der Waals surface area contributed by atoms with Crippen molar-refractivity contribution in [2.75, 3.05) is 0 Å². The number of aromatic nitrogens is 1. The summed E-state index contributed by atoms with van der Waals surface area (Å²) in [5.74, 6) is -0.888.